The summed E-state index contributed by atoms with van der Waals surface area (Å²) in [4.78, 5) is 53.5. The van der Waals surface area contributed by atoms with Gasteiger partial charge in [0.15, 0.2) is 17.8 Å². The molecule has 6 N–H and O–H groups in total. The molecule has 0 amide bonds. The van der Waals surface area contributed by atoms with Gasteiger partial charge in [0, 0.05) is 30.6 Å². The van der Waals surface area contributed by atoms with Gasteiger partial charge in [0.25, 0.3) is 0 Å². The summed E-state index contributed by atoms with van der Waals surface area (Å²) in [6, 6.07) is 0. The zero-order chi connectivity index (χ0) is 38.4. The van der Waals surface area contributed by atoms with E-state index in [2.05, 4.69) is 0 Å². The van der Waals surface area contributed by atoms with Crippen LogP contribution in [0.15, 0.2) is 35.6 Å². The van der Waals surface area contributed by atoms with Crippen molar-refractivity contribution in [3.8, 4) is 0 Å². The number of hydrogen-bond acceptors (Lipinski definition) is 13. The fourth-order valence-electron chi connectivity index (χ4n) is 10.4. The second kappa shape index (κ2) is 12.7. The molecule has 1 aliphatic heterocycles. The van der Waals surface area contributed by atoms with E-state index in [0.717, 1.165) is 11.6 Å². The SMILES string of the molecule is CC(=O)OC(C)(C)/C=C/C(=O)[C@](C)(O)[C@H]1[C@H](O[C@H]2O[C@H](CO)[C@@H](O)[C@H](O)[C@H]2O)C[C@@]2(C)[C@@H]3CC=C4[C@@H](C=C(O)C(=O)C4(C)C)[C@]3(C)C(=O)C[C@]12C. The number of aliphatic hydroxyl groups excluding tert-OH is 5. The van der Waals surface area contributed by atoms with E-state index in [1.165, 1.54) is 26.0 Å². The number of hydrogen-bond donors (Lipinski definition) is 6. The van der Waals surface area contributed by atoms with Gasteiger partial charge in [-0.05, 0) is 82.4 Å². The molecule has 13 heteroatoms. The van der Waals surface area contributed by atoms with Gasteiger partial charge in [-0.15, -0.1) is 0 Å². The summed E-state index contributed by atoms with van der Waals surface area (Å²) in [6.45, 7) is 14.1. The normalized spacial score (nSPS) is 43.4. The number of ether oxygens (including phenoxy) is 3. The Balaban J connectivity index is 1.63. The molecule has 0 unspecified atom stereocenters. The second-order valence-corrected chi connectivity index (χ2v) is 17.2. The largest absolute Gasteiger partial charge is 0.505 e. The first kappa shape index (κ1) is 39.4. The Morgan fingerprint density at radius 2 is 1.65 bits per heavy atom. The number of allylic oxidation sites excluding steroid dienone is 4. The van der Waals surface area contributed by atoms with Crippen molar-refractivity contribution in [2.24, 2.45) is 39.4 Å². The highest BCUT2D eigenvalue weighted by Crippen LogP contribution is 2.74. The third kappa shape index (κ3) is 5.87. The Morgan fingerprint density at radius 3 is 2.24 bits per heavy atom. The molecule has 13 nitrogen and oxygen atoms in total. The maximum absolute atomic E-state index is 14.8. The number of fused-ring (bicyclic) bond motifs is 5. The Labute approximate surface area is 298 Å². The van der Waals surface area contributed by atoms with Gasteiger partial charge >= 0.3 is 5.97 Å². The molecule has 13 atom stereocenters. The predicted molar refractivity (Wildman–Crippen MR) is 180 cm³/mol. The Bertz CT molecular complexity index is 1570. The molecule has 0 bridgehead atoms. The van der Waals surface area contributed by atoms with Gasteiger partial charge in [-0.3, -0.25) is 19.2 Å². The van der Waals surface area contributed by atoms with Crippen molar-refractivity contribution in [2.45, 2.75) is 130 Å². The van der Waals surface area contributed by atoms with Gasteiger partial charge in [0.05, 0.1) is 18.1 Å². The molecule has 2 saturated carbocycles. The average Bonchev–Trinajstić information content (AvgIpc) is 3.25. The number of carbonyl (C=O) groups excluding carboxylic acids is 4. The third-order valence-electron chi connectivity index (χ3n) is 13.3. The zero-order valence-electron chi connectivity index (χ0n) is 30.9. The van der Waals surface area contributed by atoms with Crippen LogP contribution in [0.2, 0.25) is 0 Å². The van der Waals surface area contributed by atoms with Gasteiger partial charge in [-0.2, -0.15) is 0 Å². The van der Waals surface area contributed by atoms with E-state index in [-0.39, 0.29) is 18.6 Å². The lowest BCUT2D eigenvalue weighted by Crippen LogP contribution is -2.64. The molecule has 4 aliphatic carbocycles. The molecular formula is C38H54O13. The van der Waals surface area contributed by atoms with Crippen LogP contribution in [0.3, 0.4) is 0 Å². The molecule has 3 fully saturated rings. The van der Waals surface area contributed by atoms with Crippen molar-refractivity contribution in [1.82, 2.24) is 0 Å². The van der Waals surface area contributed by atoms with Crippen LogP contribution in [0, 0.1) is 39.4 Å². The first-order valence-electron chi connectivity index (χ1n) is 17.6. The van der Waals surface area contributed by atoms with Crippen LogP contribution in [0.5, 0.6) is 0 Å². The summed E-state index contributed by atoms with van der Waals surface area (Å²) in [6.07, 6.45) is -2.77. The smallest absolute Gasteiger partial charge is 0.303 e. The number of carbonyl (C=O) groups is 4. The maximum Gasteiger partial charge on any atom is 0.303 e. The lowest BCUT2D eigenvalue weighted by atomic mass is 9.39. The lowest BCUT2D eigenvalue weighted by Gasteiger charge is -2.63. The molecule has 5 rings (SSSR count). The van der Waals surface area contributed by atoms with E-state index in [4.69, 9.17) is 14.2 Å². The highest BCUT2D eigenvalue weighted by molar-refractivity contribution is 6.02. The van der Waals surface area contributed by atoms with Crippen LogP contribution < -0.4 is 0 Å². The molecule has 51 heavy (non-hydrogen) atoms. The number of Topliss-reactive ketones (excluding diaryl/α,β-unsaturated/α-hetero) is 2. The van der Waals surface area contributed by atoms with E-state index in [1.54, 1.807) is 27.7 Å². The monoisotopic (exact) mass is 718 g/mol. The van der Waals surface area contributed by atoms with Crippen molar-refractivity contribution in [1.29, 1.82) is 0 Å². The second-order valence-electron chi connectivity index (χ2n) is 17.2. The van der Waals surface area contributed by atoms with Gasteiger partial charge in [-0.25, -0.2) is 0 Å². The molecule has 0 aromatic carbocycles. The van der Waals surface area contributed by atoms with Gasteiger partial charge in [0.1, 0.15) is 41.4 Å². The minimum absolute atomic E-state index is 0.117. The van der Waals surface area contributed by atoms with Crippen molar-refractivity contribution in [3.63, 3.8) is 0 Å². The summed E-state index contributed by atoms with van der Waals surface area (Å²) in [5.74, 6) is -4.50. The first-order chi connectivity index (χ1) is 23.3. The molecule has 5 aliphatic rings. The van der Waals surface area contributed by atoms with Gasteiger partial charge in [0.2, 0.25) is 5.78 Å². The number of rotatable bonds is 8. The molecule has 1 heterocycles. The molecule has 1 saturated heterocycles. The fourth-order valence-corrected chi connectivity index (χ4v) is 10.4. The van der Waals surface area contributed by atoms with E-state index >= 15 is 0 Å². The first-order valence-corrected chi connectivity index (χ1v) is 17.6. The minimum Gasteiger partial charge on any atom is -0.505 e. The van der Waals surface area contributed by atoms with Crippen molar-refractivity contribution >= 4 is 23.3 Å². The van der Waals surface area contributed by atoms with E-state index < -0.39 is 117 Å². The zero-order valence-corrected chi connectivity index (χ0v) is 30.9. The molecule has 0 spiro atoms. The van der Waals surface area contributed by atoms with Crippen LogP contribution in [-0.2, 0) is 33.4 Å². The van der Waals surface area contributed by atoms with Gasteiger partial charge in [-0.1, -0.05) is 32.4 Å². The predicted octanol–water partition coefficient (Wildman–Crippen LogP) is 2.01. The summed E-state index contributed by atoms with van der Waals surface area (Å²) in [5, 5.41) is 65.0. The molecular weight excluding hydrogens is 664 g/mol. The van der Waals surface area contributed by atoms with Crippen LogP contribution in [0.1, 0.15) is 81.6 Å². The average molecular weight is 719 g/mol. The number of aliphatic hydroxyl groups is 6. The van der Waals surface area contributed by atoms with Crippen LogP contribution >= 0.6 is 0 Å². The standard InChI is InChI=1S/C38H54O13/c1-18(40)51-33(2,3)13-12-25(42)38(9,48)30-22(49-32-29(46)28(45)27(44)23(17-39)50-32)15-35(6)24-11-10-19-20(14-21(41)31(47)34(19,4)5)37(24,8)26(43)16-36(30,35)7/h10,12-14,20,22-24,27-30,32,39,41,44-46,48H,11,15-17H2,1-9H3/b13-12+/t20-,22-,23-,24+,27-,28+,29-,30+,32+,35+,36-,37+,38+/m1/s1. The van der Waals surface area contributed by atoms with Gasteiger partial charge < -0.3 is 44.8 Å². The highest BCUT2D eigenvalue weighted by Gasteiger charge is 2.75. The third-order valence-corrected chi connectivity index (χ3v) is 13.3. The number of ketones is 3. The van der Waals surface area contributed by atoms with Crippen LogP contribution in [0.4, 0.5) is 0 Å². The minimum atomic E-state index is -2.21. The van der Waals surface area contributed by atoms with Crippen molar-refractivity contribution in [2.75, 3.05) is 6.61 Å². The summed E-state index contributed by atoms with van der Waals surface area (Å²) < 4.78 is 17.4. The lowest BCUT2D eigenvalue weighted by molar-refractivity contribution is -0.317. The maximum atomic E-state index is 14.8. The van der Waals surface area contributed by atoms with Crippen LogP contribution in [0.25, 0.3) is 0 Å². The molecule has 0 aromatic rings. The summed E-state index contributed by atoms with van der Waals surface area (Å²) in [7, 11) is 0. The topological polar surface area (TPSA) is 217 Å². The van der Waals surface area contributed by atoms with Crippen molar-refractivity contribution in [3.05, 3.63) is 35.6 Å². The Hall–Kier alpha value is -2.78. The summed E-state index contributed by atoms with van der Waals surface area (Å²) >= 11 is 0. The fraction of sp³-hybridized carbons (Fsp3) is 0.737. The Morgan fingerprint density at radius 1 is 1.02 bits per heavy atom. The molecule has 0 radical (unpaired) electrons. The quantitative estimate of drug-likeness (QED) is 0.120. The summed E-state index contributed by atoms with van der Waals surface area (Å²) in [5.41, 5.74) is -6.80. The van der Waals surface area contributed by atoms with Crippen molar-refractivity contribution < 1.29 is 64.0 Å². The molecule has 284 valence electrons. The number of esters is 1. The van der Waals surface area contributed by atoms with E-state index in [1.807, 2.05) is 26.8 Å². The molecule has 0 aromatic heterocycles. The highest BCUT2D eigenvalue weighted by atomic mass is 16.7. The van der Waals surface area contributed by atoms with E-state index in [9.17, 15) is 49.8 Å². The van der Waals surface area contributed by atoms with E-state index in [0.29, 0.717) is 6.42 Å². The Kier molecular flexibility index (Phi) is 9.80. The van der Waals surface area contributed by atoms with Crippen LogP contribution in [-0.4, -0.2) is 109 Å².